The van der Waals surface area contributed by atoms with Gasteiger partial charge in [-0.3, -0.25) is 4.79 Å². The molecule has 0 aliphatic heterocycles. The maximum atomic E-state index is 13.9. The molecule has 100 valence electrons. The Hall–Kier alpha value is -1.34. The fourth-order valence-electron chi connectivity index (χ4n) is 1.65. The van der Waals surface area contributed by atoms with Crippen LogP contribution in [0, 0.1) is 5.82 Å². The van der Waals surface area contributed by atoms with E-state index in [1.54, 1.807) is 0 Å². The smallest absolute Gasteiger partial charge is 0.312 e. The van der Waals surface area contributed by atoms with Gasteiger partial charge in [-0.1, -0.05) is 0 Å². The van der Waals surface area contributed by atoms with Gasteiger partial charge >= 0.3 is 5.97 Å². The van der Waals surface area contributed by atoms with Crippen molar-refractivity contribution in [3.05, 3.63) is 21.9 Å². The van der Waals surface area contributed by atoms with Crippen LogP contribution >= 0.6 is 15.9 Å². The lowest BCUT2D eigenvalue weighted by Crippen LogP contribution is -2.23. The average molecular weight is 322 g/mol. The first kappa shape index (κ1) is 14.7. The van der Waals surface area contributed by atoms with Crippen molar-refractivity contribution in [1.29, 1.82) is 0 Å². The van der Waals surface area contributed by atoms with Crippen molar-refractivity contribution in [2.75, 3.05) is 20.8 Å². The van der Waals surface area contributed by atoms with Crippen LogP contribution in [0.25, 0.3) is 0 Å². The van der Waals surface area contributed by atoms with E-state index in [1.165, 1.54) is 14.2 Å². The Labute approximate surface area is 112 Å². The lowest BCUT2D eigenvalue weighted by Gasteiger charge is -2.18. The molecule has 3 N–H and O–H groups in total. The quantitative estimate of drug-likeness (QED) is 0.863. The molecule has 0 aliphatic rings. The number of aliphatic carboxylic acids is 1. The lowest BCUT2D eigenvalue weighted by molar-refractivity contribution is -0.138. The standard InChI is InChI=1S/C11H13BrFNO4/c1-17-9-6(12)3-7(13)8(10(9)18-2)5(4-14)11(15)16/h3,5H,4,14H2,1-2H3,(H,15,16). The Balaban J connectivity index is 3.55. The van der Waals surface area contributed by atoms with Crippen LogP contribution in [0.15, 0.2) is 10.5 Å². The van der Waals surface area contributed by atoms with Crippen molar-refractivity contribution in [3.63, 3.8) is 0 Å². The Kier molecular flexibility index (Phi) is 4.92. The Bertz CT molecular complexity index is 467. The summed E-state index contributed by atoms with van der Waals surface area (Å²) < 4.78 is 24.4. The highest BCUT2D eigenvalue weighted by molar-refractivity contribution is 9.10. The van der Waals surface area contributed by atoms with Crippen LogP contribution in [0.4, 0.5) is 4.39 Å². The number of nitrogens with two attached hydrogens (primary N) is 1. The number of benzene rings is 1. The Morgan fingerprint density at radius 2 is 2.06 bits per heavy atom. The minimum absolute atomic E-state index is 0.0298. The third-order valence-corrected chi connectivity index (χ3v) is 3.06. The molecule has 1 aromatic carbocycles. The molecule has 0 saturated heterocycles. The largest absolute Gasteiger partial charge is 0.492 e. The van der Waals surface area contributed by atoms with Crippen molar-refractivity contribution in [3.8, 4) is 11.5 Å². The van der Waals surface area contributed by atoms with Crippen molar-refractivity contribution in [2.45, 2.75) is 5.92 Å². The van der Waals surface area contributed by atoms with Gasteiger partial charge in [0.05, 0.1) is 18.7 Å². The van der Waals surface area contributed by atoms with Crippen molar-refractivity contribution < 1.29 is 23.8 Å². The minimum atomic E-state index is -1.22. The number of ether oxygens (including phenoxy) is 2. The molecule has 1 rings (SSSR count). The number of carboxylic acid groups (broad SMARTS) is 1. The molecular formula is C11H13BrFNO4. The highest BCUT2D eigenvalue weighted by Gasteiger charge is 2.29. The molecule has 0 amide bonds. The Morgan fingerprint density at radius 3 is 2.44 bits per heavy atom. The predicted octanol–water partition coefficient (Wildman–Crippen LogP) is 1.73. The van der Waals surface area contributed by atoms with E-state index in [4.69, 9.17) is 20.3 Å². The van der Waals surface area contributed by atoms with Gasteiger partial charge in [0, 0.05) is 12.1 Å². The zero-order valence-corrected chi connectivity index (χ0v) is 11.5. The molecule has 0 bridgehead atoms. The normalized spacial score (nSPS) is 12.1. The van der Waals surface area contributed by atoms with Crippen LogP contribution in [-0.2, 0) is 4.79 Å². The number of halogens is 2. The van der Waals surface area contributed by atoms with Gasteiger partial charge in [0.2, 0.25) is 0 Å². The topological polar surface area (TPSA) is 81.8 Å². The summed E-state index contributed by atoms with van der Waals surface area (Å²) in [4.78, 5) is 11.1. The third-order valence-electron chi connectivity index (χ3n) is 2.47. The van der Waals surface area contributed by atoms with Gasteiger partial charge in [-0.15, -0.1) is 0 Å². The van der Waals surface area contributed by atoms with Gasteiger partial charge in [-0.05, 0) is 22.0 Å². The first-order chi connectivity index (χ1) is 8.47. The first-order valence-electron chi connectivity index (χ1n) is 5.00. The van der Waals surface area contributed by atoms with Crippen LogP contribution in [-0.4, -0.2) is 31.8 Å². The fraction of sp³-hybridized carbons (Fsp3) is 0.364. The second-order valence-electron chi connectivity index (χ2n) is 3.45. The molecule has 1 aromatic rings. The van der Waals surface area contributed by atoms with E-state index in [9.17, 15) is 9.18 Å². The summed E-state index contributed by atoms with van der Waals surface area (Å²) in [5.74, 6) is -2.87. The zero-order valence-electron chi connectivity index (χ0n) is 9.87. The third kappa shape index (κ3) is 2.56. The van der Waals surface area contributed by atoms with E-state index in [-0.39, 0.29) is 23.6 Å². The van der Waals surface area contributed by atoms with E-state index in [0.717, 1.165) is 6.07 Å². The molecular weight excluding hydrogens is 309 g/mol. The van der Waals surface area contributed by atoms with E-state index >= 15 is 0 Å². The van der Waals surface area contributed by atoms with Crippen molar-refractivity contribution >= 4 is 21.9 Å². The number of hydrogen-bond donors (Lipinski definition) is 2. The summed E-state index contributed by atoms with van der Waals surface area (Å²) in [6.07, 6.45) is 0. The molecule has 0 saturated carbocycles. The summed E-state index contributed by atoms with van der Waals surface area (Å²) in [5.41, 5.74) is 5.25. The summed E-state index contributed by atoms with van der Waals surface area (Å²) in [6.45, 7) is -0.243. The average Bonchev–Trinajstić information content (AvgIpc) is 2.31. The molecule has 0 aromatic heterocycles. The van der Waals surface area contributed by atoms with Crippen molar-refractivity contribution in [1.82, 2.24) is 0 Å². The van der Waals surface area contributed by atoms with Crippen LogP contribution in [0.3, 0.4) is 0 Å². The van der Waals surface area contributed by atoms with Gasteiger partial charge in [-0.2, -0.15) is 0 Å². The minimum Gasteiger partial charge on any atom is -0.492 e. The number of methoxy groups -OCH3 is 2. The lowest BCUT2D eigenvalue weighted by atomic mass is 9.97. The van der Waals surface area contributed by atoms with E-state index < -0.39 is 17.7 Å². The molecule has 18 heavy (non-hydrogen) atoms. The van der Waals surface area contributed by atoms with Gasteiger partial charge in [0.25, 0.3) is 0 Å². The molecule has 1 atom stereocenters. The van der Waals surface area contributed by atoms with Gasteiger partial charge in [-0.25, -0.2) is 4.39 Å². The summed E-state index contributed by atoms with van der Waals surface area (Å²) in [5, 5.41) is 9.05. The molecule has 0 heterocycles. The number of carboxylic acids is 1. The second-order valence-corrected chi connectivity index (χ2v) is 4.30. The molecule has 0 radical (unpaired) electrons. The molecule has 5 nitrogen and oxygen atoms in total. The van der Waals surface area contributed by atoms with Crippen LogP contribution in [0.2, 0.25) is 0 Å². The number of carbonyl (C=O) groups is 1. The highest BCUT2D eigenvalue weighted by Crippen LogP contribution is 2.42. The molecule has 0 aliphatic carbocycles. The summed E-state index contributed by atoms with van der Waals surface area (Å²) >= 11 is 3.12. The van der Waals surface area contributed by atoms with Gasteiger partial charge in [0.1, 0.15) is 11.7 Å². The highest BCUT2D eigenvalue weighted by atomic mass is 79.9. The van der Waals surface area contributed by atoms with Crippen LogP contribution < -0.4 is 15.2 Å². The van der Waals surface area contributed by atoms with E-state index in [1.807, 2.05) is 0 Å². The second kappa shape index (κ2) is 6.01. The maximum Gasteiger partial charge on any atom is 0.312 e. The maximum absolute atomic E-state index is 13.9. The van der Waals surface area contributed by atoms with Crippen LogP contribution in [0.1, 0.15) is 11.5 Å². The molecule has 0 spiro atoms. The summed E-state index contributed by atoms with van der Waals surface area (Å²) in [6, 6.07) is 1.13. The molecule has 7 heteroatoms. The number of rotatable bonds is 5. The van der Waals surface area contributed by atoms with Gasteiger partial charge < -0.3 is 20.3 Å². The molecule has 0 fully saturated rings. The monoisotopic (exact) mass is 321 g/mol. The van der Waals surface area contributed by atoms with Crippen molar-refractivity contribution in [2.24, 2.45) is 5.73 Å². The molecule has 1 unspecified atom stereocenters. The fourth-order valence-corrected chi connectivity index (χ4v) is 2.20. The first-order valence-corrected chi connectivity index (χ1v) is 5.79. The Morgan fingerprint density at radius 1 is 1.50 bits per heavy atom. The predicted molar refractivity (Wildman–Crippen MR) is 66.6 cm³/mol. The van der Waals surface area contributed by atoms with E-state index in [2.05, 4.69) is 15.9 Å². The summed E-state index contributed by atoms with van der Waals surface area (Å²) in [7, 11) is 2.69. The SMILES string of the molecule is COc1c(Br)cc(F)c(C(CN)C(=O)O)c1OC. The van der Waals surface area contributed by atoms with Crippen LogP contribution in [0.5, 0.6) is 11.5 Å². The zero-order chi connectivity index (χ0) is 13.9. The number of hydrogen-bond acceptors (Lipinski definition) is 4. The van der Waals surface area contributed by atoms with Gasteiger partial charge in [0.15, 0.2) is 11.5 Å². The van der Waals surface area contributed by atoms with E-state index in [0.29, 0.717) is 4.47 Å².